The van der Waals surface area contributed by atoms with Crippen LogP contribution in [-0.4, -0.2) is 13.7 Å². The Morgan fingerprint density at radius 3 is 2.76 bits per heavy atom. The molecule has 3 heteroatoms. The summed E-state index contributed by atoms with van der Waals surface area (Å²) >= 11 is 0. The first kappa shape index (κ1) is 12.4. The Morgan fingerprint density at radius 1 is 1.47 bits per heavy atom. The van der Waals surface area contributed by atoms with Crippen molar-refractivity contribution >= 4 is 0 Å². The summed E-state index contributed by atoms with van der Waals surface area (Å²) in [5.41, 5.74) is 0.713. The van der Waals surface area contributed by atoms with Crippen LogP contribution >= 0.6 is 0 Å². The number of halogens is 1. The molecule has 0 bridgehead atoms. The van der Waals surface area contributed by atoms with E-state index in [-0.39, 0.29) is 11.9 Å². The summed E-state index contributed by atoms with van der Waals surface area (Å²) < 4.78 is 18.8. The number of hydrogen-bond donors (Lipinski definition) is 1. The third-order valence-corrected chi connectivity index (χ3v) is 3.61. The van der Waals surface area contributed by atoms with Crippen LogP contribution in [0.25, 0.3) is 0 Å². The van der Waals surface area contributed by atoms with Gasteiger partial charge in [-0.1, -0.05) is 12.5 Å². The van der Waals surface area contributed by atoms with Crippen molar-refractivity contribution in [3.63, 3.8) is 0 Å². The molecule has 0 spiro atoms. The Labute approximate surface area is 102 Å². The lowest BCUT2D eigenvalue weighted by Crippen LogP contribution is -2.29. The normalized spacial score (nSPS) is 17.6. The molecule has 1 aliphatic rings. The van der Waals surface area contributed by atoms with Gasteiger partial charge in [0.25, 0.3) is 0 Å². The van der Waals surface area contributed by atoms with Crippen molar-refractivity contribution < 1.29 is 9.13 Å². The van der Waals surface area contributed by atoms with Gasteiger partial charge in [-0.3, -0.25) is 0 Å². The lowest BCUT2D eigenvalue weighted by molar-refractivity contribution is 0.291. The van der Waals surface area contributed by atoms with E-state index in [2.05, 4.69) is 5.32 Å². The van der Waals surface area contributed by atoms with Crippen LogP contribution in [0.5, 0.6) is 5.75 Å². The molecule has 1 aromatic carbocycles. The Balaban J connectivity index is 1.95. The van der Waals surface area contributed by atoms with Gasteiger partial charge in [-0.15, -0.1) is 0 Å². The second kappa shape index (κ2) is 5.50. The molecule has 1 atom stereocenters. The molecule has 1 N–H and O–H groups in total. The van der Waals surface area contributed by atoms with Crippen molar-refractivity contribution in [3.8, 4) is 5.75 Å². The summed E-state index contributed by atoms with van der Waals surface area (Å²) in [6, 6.07) is 5.10. The molecule has 2 rings (SSSR count). The maximum Gasteiger partial charge on any atom is 0.131 e. The Hall–Kier alpha value is -1.09. The molecule has 1 unspecified atom stereocenters. The molecule has 1 saturated carbocycles. The predicted molar refractivity (Wildman–Crippen MR) is 66.7 cm³/mol. The van der Waals surface area contributed by atoms with Gasteiger partial charge in [-0.05, 0) is 38.3 Å². The van der Waals surface area contributed by atoms with Crippen molar-refractivity contribution in [2.75, 3.05) is 13.7 Å². The Bertz CT molecular complexity index is 376. The number of nitrogens with one attached hydrogen (secondary N) is 1. The maximum absolute atomic E-state index is 13.8. The Morgan fingerprint density at radius 2 is 2.24 bits per heavy atom. The fourth-order valence-corrected chi connectivity index (χ4v) is 2.14. The molecule has 0 saturated heterocycles. The second-order valence-corrected chi connectivity index (χ2v) is 4.81. The van der Waals surface area contributed by atoms with Crippen LogP contribution in [0.4, 0.5) is 4.39 Å². The van der Waals surface area contributed by atoms with Crippen LogP contribution in [0, 0.1) is 11.7 Å². The van der Waals surface area contributed by atoms with Crippen LogP contribution in [0.2, 0.25) is 0 Å². The van der Waals surface area contributed by atoms with Crippen molar-refractivity contribution in [1.82, 2.24) is 5.32 Å². The van der Waals surface area contributed by atoms with Gasteiger partial charge < -0.3 is 10.1 Å². The smallest absolute Gasteiger partial charge is 0.131 e. The molecule has 0 radical (unpaired) electrons. The summed E-state index contributed by atoms with van der Waals surface area (Å²) in [6.07, 6.45) is 3.97. The van der Waals surface area contributed by atoms with Gasteiger partial charge in [0, 0.05) is 17.7 Å². The molecular weight excluding hydrogens is 217 g/mol. The zero-order valence-corrected chi connectivity index (χ0v) is 10.5. The van der Waals surface area contributed by atoms with Crippen LogP contribution in [-0.2, 0) is 0 Å². The summed E-state index contributed by atoms with van der Waals surface area (Å²) in [7, 11) is 1.55. The van der Waals surface area contributed by atoms with Gasteiger partial charge in [-0.2, -0.15) is 0 Å². The van der Waals surface area contributed by atoms with Gasteiger partial charge in [0.1, 0.15) is 11.6 Å². The van der Waals surface area contributed by atoms with Crippen LogP contribution < -0.4 is 10.1 Å². The lowest BCUT2D eigenvalue weighted by atomic mass is 9.85. The monoisotopic (exact) mass is 237 g/mol. The molecule has 1 fully saturated rings. The topological polar surface area (TPSA) is 21.3 Å². The first-order chi connectivity index (χ1) is 8.20. The predicted octanol–water partition coefficient (Wildman–Crippen LogP) is 3.29. The summed E-state index contributed by atoms with van der Waals surface area (Å²) in [6.45, 7) is 3.00. The van der Waals surface area contributed by atoms with E-state index in [1.807, 2.05) is 6.92 Å². The number of benzene rings is 1. The SMILES string of the molecule is COc1ccc(C(C)NCC2CCC2)c(F)c1. The molecule has 17 heavy (non-hydrogen) atoms. The Kier molecular flexibility index (Phi) is 4.00. The molecular formula is C14H20FNO. The molecule has 1 aromatic rings. The number of rotatable bonds is 5. The van der Waals surface area contributed by atoms with Gasteiger partial charge in [0.15, 0.2) is 0 Å². The lowest BCUT2D eigenvalue weighted by Gasteiger charge is -2.27. The van der Waals surface area contributed by atoms with Gasteiger partial charge in [0.2, 0.25) is 0 Å². The van der Waals surface area contributed by atoms with Crippen molar-refractivity contribution in [1.29, 1.82) is 0 Å². The first-order valence-corrected chi connectivity index (χ1v) is 6.27. The quantitative estimate of drug-likeness (QED) is 0.848. The zero-order chi connectivity index (χ0) is 12.3. The van der Waals surface area contributed by atoms with E-state index >= 15 is 0 Å². The van der Waals surface area contributed by atoms with Crippen molar-refractivity contribution in [2.24, 2.45) is 5.92 Å². The highest BCUT2D eigenvalue weighted by Crippen LogP contribution is 2.27. The van der Waals surface area contributed by atoms with E-state index in [0.717, 1.165) is 12.5 Å². The highest BCUT2D eigenvalue weighted by Gasteiger charge is 2.19. The highest BCUT2D eigenvalue weighted by molar-refractivity contribution is 5.30. The van der Waals surface area contributed by atoms with Gasteiger partial charge in [0.05, 0.1) is 7.11 Å². The minimum absolute atomic E-state index is 0.0570. The van der Waals surface area contributed by atoms with Gasteiger partial charge in [-0.25, -0.2) is 4.39 Å². The zero-order valence-electron chi connectivity index (χ0n) is 10.5. The van der Waals surface area contributed by atoms with Crippen LogP contribution in [0.3, 0.4) is 0 Å². The summed E-state index contributed by atoms with van der Waals surface area (Å²) in [5, 5.41) is 3.40. The molecule has 1 aliphatic carbocycles. The van der Waals surface area contributed by atoms with E-state index in [4.69, 9.17) is 4.74 Å². The fraction of sp³-hybridized carbons (Fsp3) is 0.571. The van der Waals surface area contributed by atoms with E-state index in [1.54, 1.807) is 19.2 Å². The average Bonchev–Trinajstić information content (AvgIpc) is 2.26. The highest BCUT2D eigenvalue weighted by atomic mass is 19.1. The first-order valence-electron chi connectivity index (χ1n) is 6.27. The van der Waals surface area contributed by atoms with E-state index in [1.165, 1.54) is 25.3 Å². The molecule has 0 aliphatic heterocycles. The molecule has 94 valence electrons. The maximum atomic E-state index is 13.8. The number of hydrogen-bond acceptors (Lipinski definition) is 2. The largest absolute Gasteiger partial charge is 0.497 e. The summed E-state index contributed by atoms with van der Waals surface area (Å²) in [5.74, 6) is 1.16. The molecule has 2 nitrogen and oxygen atoms in total. The molecule has 0 amide bonds. The van der Waals surface area contributed by atoms with Gasteiger partial charge >= 0.3 is 0 Å². The third-order valence-electron chi connectivity index (χ3n) is 3.61. The number of methoxy groups -OCH3 is 1. The minimum Gasteiger partial charge on any atom is -0.497 e. The van der Waals surface area contributed by atoms with E-state index < -0.39 is 0 Å². The van der Waals surface area contributed by atoms with Crippen LogP contribution in [0.15, 0.2) is 18.2 Å². The van der Waals surface area contributed by atoms with E-state index in [9.17, 15) is 4.39 Å². The van der Waals surface area contributed by atoms with Crippen LogP contribution in [0.1, 0.15) is 37.8 Å². The van der Waals surface area contributed by atoms with Crippen molar-refractivity contribution in [3.05, 3.63) is 29.6 Å². The summed E-state index contributed by atoms with van der Waals surface area (Å²) in [4.78, 5) is 0. The minimum atomic E-state index is -0.196. The second-order valence-electron chi connectivity index (χ2n) is 4.81. The van der Waals surface area contributed by atoms with Crippen molar-refractivity contribution in [2.45, 2.75) is 32.2 Å². The molecule has 0 aromatic heterocycles. The average molecular weight is 237 g/mol. The standard InChI is InChI=1S/C14H20FNO/c1-10(16-9-11-4-3-5-11)13-7-6-12(17-2)8-14(13)15/h6-8,10-11,16H,3-5,9H2,1-2H3. The van der Waals surface area contributed by atoms with E-state index in [0.29, 0.717) is 11.3 Å². The third kappa shape index (κ3) is 2.97. The number of ether oxygens (including phenoxy) is 1. The fourth-order valence-electron chi connectivity index (χ4n) is 2.14. The molecule has 0 heterocycles.